The summed E-state index contributed by atoms with van der Waals surface area (Å²) in [6, 6.07) is 8.65. The number of aromatic nitrogens is 2. The minimum Gasteiger partial charge on any atom is -0.324 e. The summed E-state index contributed by atoms with van der Waals surface area (Å²) in [5.41, 5.74) is 9.58. The lowest BCUT2D eigenvalue weighted by Gasteiger charge is -2.12. The third kappa shape index (κ3) is 3.30. The molecule has 21 heavy (non-hydrogen) atoms. The van der Waals surface area contributed by atoms with E-state index in [9.17, 15) is 0 Å². The van der Waals surface area contributed by atoms with Crippen molar-refractivity contribution in [3.8, 4) is 0 Å². The van der Waals surface area contributed by atoms with Crippen LogP contribution in [0.4, 0.5) is 0 Å². The van der Waals surface area contributed by atoms with Crippen LogP contribution >= 0.6 is 11.6 Å². The Morgan fingerprint density at radius 1 is 1.33 bits per heavy atom. The minimum atomic E-state index is -0.0344. The Labute approximate surface area is 131 Å². The van der Waals surface area contributed by atoms with Crippen LogP contribution in [0.15, 0.2) is 30.5 Å². The molecule has 1 unspecified atom stereocenters. The molecule has 0 saturated heterocycles. The highest BCUT2D eigenvalue weighted by atomic mass is 35.5. The van der Waals surface area contributed by atoms with Crippen LogP contribution in [-0.4, -0.2) is 9.78 Å². The van der Waals surface area contributed by atoms with Crippen molar-refractivity contribution in [3.63, 3.8) is 0 Å². The van der Waals surface area contributed by atoms with Crippen LogP contribution in [0.3, 0.4) is 0 Å². The van der Waals surface area contributed by atoms with Crippen molar-refractivity contribution in [2.75, 3.05) is 0 Å². The van der Waals surface area contributed by atoms with Crippen molar-refractivity contribution < 1.29 is 0 Å². The quantitative estimate of drug-likeness (QED) is 0.920. The van der Waals surface area contributed by atoms with Crippen molar-refractivity contribution >= 4 is 11.6 Å². The first-order chi connectivity index (χ1) is 10.1. The van der Waals surface area contributed by atoms with E-state index in [-0.39, 0.29) is 6.04 Å². The molecule has 1 aliphatic rings. The number of benzene rings is 1. The lowest BCUT2D eigenvalue weighted by Crippen LogP contribution is -2.14. The summed E-state index contributed by atoms with van der Waals surface area (Å²) in [6.45, 7) is 2.01. The predicted octanol–water partition coefficient (Wildman–Crippen LogP) is 4.20. The van der Waals surface area contributed by atoms with Gasteiger partial charge < -0.3 is 5.73 Å². The monoisotopic (exact) mass is 303 g/mol. The topological polar surface area (TPSA) is 43.8 Å². The Kier molecular flexibility index (Phi) is 4.32. The number of halogens is 1. The Hall–Kier alpha value is -1.32. The van der Waals surface area contributed by atoms with Gasteiger partial charge in [-0.25, -0.2) is 0 Å². The zero-order chi connectivity index (χ0) is 14.8. The van der Waals surface area contributed by atoms with Crippen molar-refractivity contribution in [2.24, 2.45) is 5.73 Å². The van der Waals surface area contributed by atoms with Crippen LogP contribution in [0.1, 0.15) is 54.6 Å². The zero-order valence-electron chi connectivity index (χ0n) is 12.4. The molecule has 1 saturated carbocycles. The molecule has 1 aliphatic carbocycles. The van der Waals surface area contributed by atoms with Gasteiger partial charge >= 0.3 is 0 Å². The van der Waals surface area contributed by atoms with Gasteiger partial charge in [0.15, 0.2) is 0 Å². The largest absolute Gasteiger partial charge is 0.324 e. The van der Waals surface area contributed by atoms with Crippen LogP contribution in [-0.2, 0) is 6.42 Å². The molecular formula is C17H22ClN3. The maximum absolute atomic E-state index is 6.32. The molecule has 4 heteroatoms. The van der Waals surface area contributed by atoms with Gasteiger partial charge in [-0.2, -0.15) is 5.10 Å². The van der Waals surface area contributed by atoms with Gasteiger partial charge in [0.05, 0.1) is 11.7 Å². The molecular weight excluding hydrogens is 282 g/mol. The number of nitrogens with two attached hydrogens (primary N) is 1. The van der Waals surface area contributed by atoms with Gasteiger partial charge in [0.2, 0.25) is 0 Å². The van der Waals surface area contributed by atoms with Gasteiger partial charge in [-0.15, -0.1) is 0 Å². The summed E-state index contributed by atoms with van der Waals surface area (Å²) in [6.07, 6.45) is 8.02. The first-order valence-corrected chi connectivity index (χ1v) is 8.07. The summed E-state index contributed by atoms with van der Waals surface area (Å²) in [5.74, 6) is 0. The normalized spacial score (nSPS) is 17.3. The number of aryl methyl sites for hydroxylation is 1. The first kappa shape index (κ1) is 14.6. The second kappa shape index (κ2) is 6.20. The lowest BCUT2D eigenvalue weighted by atomic mass is 10.0. The van der Waals surface area contributed by atoms with Crippen LogP contribution in [0.5, 0.6) is 0 Å². The maximum Gasteiger partial charge on any atom is 0.0643 e. The third-order valence-electron chi connectivity index (χ3n) is 4.40. The van der Waals surface area contributed by atoms with Crippen molar-refractivity contribution in [1.29, 1.82) is 0 Å². The second-order valence-electron chi connectivity index (χ2n) is 6.04. The summed E-state index contributed by atoms with van der Waals surface area (Å²) in [5, 5.41) is 5.50. The molecule has 0 bridgehead atoms. The van der Waals surface area contributed by atoms with Gasteiger partial charge in [0.25, 0.3) is 0 Å². The molecule has 0 radical (unpaired) electrons. The highest BCUT2D eigenvalue weighted by Gasteiger charge is 2.18. The third-order valence-corrected chi connectivity index (χ3v) is 4.83. The fourth-order valence-corrected chi connectivity index (χ4v) is 3.22. The number of hydrogen-bond acceptors (Lipinski definition) is 2. The molecule has 1 fully saturated rings. The Morgan fingerprint density at radius 3 is 2.81 bits per heavy atom. The average molecular weight is 304 g/mol. The van der Waals surface area contributed by atoms with Crippen LogP contribution in [0.2, 0.25) is 5.02 Å². The average Bonchev–Trinajstić information content (AvgIpc) is 3.12. The first-order valence-electron chi connectivity index (χ1n) is 7.69. The van der Waals surface area contributed by atoms with E-state index in [0.29, 0.717) is 6.04 Å². The smallest absolute Gasteiger partial charge is 0.0643 e. The summed E-state index contributed by atoms with van der Waals surface area (Å²) < 4.78 is 2.13. The fraction of sp³-hybridized carbons (Fsp3) is 0.471. The van der Waals surface area contributed by atoms with Crippen molar-refractivity contribution in [1.82, 2.24) is 9.78 Å². The minimum absolute atomic E-state index is 0.0344. The maximum atomic E-state index is 6.32. The summed E-state index contributed by atoms with van der Waals surface area (Å²) in [4.78, 5) is 0. The van der Waals surface area contributed by atoms with Crippen molar-refractivity contribution in [2.45, 2.75) is 51.1 Å². The van der Waals surface area contributed by atoms with E-state index in [1.165, 1.54) is 25.7 Å². The molecule has 0 aliphatic heterocycles. The highest BCUT2D eigenvalue weighted by molar-refractivity contribution is 6.31. The zero-order valence-corrected chi connectivity index (χ0v) is 13.2. The standard InChI is InChI=1S/C17H22ClN3/c1-12-10-13(6-7-16(12)18)17(19)11-14-8-9-21(20-14)15-4-2-3-5-15/h6-10,15,17H,2-5,11,19H2,1H3. The number of hydrogen-bond donors (Lipinski definition) is 1. The van der Waals surface area contributed by atoms with Crippen LogP contribution in [0.25, 0.3) is 0 Å². The molecule has 1 atom stereocenters. The van der Waals surface area contributed by atoms with E-state index in [2.05, 4.69) is 23.0 Å². The van der Waals surface area contributed by atoms with Crippen LogP contribution < -0.4 is 5.73 Å². The van der Waals surface area contributed by atoms with E-state index >= 15 is 0 Å². The SMILES string of the molecule is Cc1cc(C(N)Cc2ccn(C3CCCC3)n2)ccc1Cl. The van der Waals surface area contributed by atoms with Crippen molar-refractivity contribution in [3.05, 3.63) is 52.3 Å². The Bertz CT molecular complexity index is 614. The Morgan fingerprint density at radius 2 is 2.10 bits per heavy atom. The molecule has 0 amide bonds. The fourth-order valence-electron chi connectivity index (χ4n) is 3.10. The van der Waals surface area contributed by atoms with E-state index in [4.69, 9.17) is 22.4 Å². The van der Waals surface area contributed by atoms with Gasteiger partial charge in [-0.3, -0.25) is 4.68 Å². The number of nitrogens with zero attached hydrogens (tertiary/aromatic N) is 2. The predicted molar refractivity (Wildman–Crippen MR) is 86.6 cm³/mol. The lowest BCUT2D eigenvalue weighted by molar-refractivity contribution is 0.461. The summed E-state index contributed by atoms with van der Waals surface area (Å²) >= 11 is 6.07. The van der Waals surface area contributed by atoms with E-state index in [1.54, 1.807) is 0 Å². The van der Waals surface area contributed by atoms with E-state index < -0.39 is 0 Å². The van der Waals surface area contributed by atoms with Gasteiger partial charge in [-0.1, -0.05) is 36.6 Å². The molecule has 3 nitrogen and oxygen atoms in total. The second-order valence-corrected chi connectivity index (χ2v) is 6.45. The molecule has 3 rings (SSSR count). The number of rotatable bonds is 4. The van der Waals surface area contributed by atoms with E-state index in [0.717, 1.165) is 28.3 Å². The molecule has 2 aromatic rings. The van der Waals surface area contributed by atoms with Gasteiger partial charge in [-0.05, 0) is 43.0 Å². The molecule has 1 heterocycles. The van der Waals surface area contributed by atoms with E-state index in [1.807, 2.05) is 19.1 Å². The molecule has 1 aromatic heterocycles. The molecule has 0 spiro atoms. The Balaban J connectivity index is 1.69. The molecule has 1 aromatic carbocycles. The van der Waals surface area contributed by atoms with Gasteiger partial charge in [0, 0.05) is 23.7 Å². The molecule has 112 valence electrons. The van der Waals surface area contributed by atoms with Gasteiger partial charge in [0.1, 0.15) is 0 Å². The van der Waals surface area contributed by atoms with Crippen LogP contribution in [0, 0.1) is 6.92 Å². The highest BCUT2D eigenvalue weighted by Crippen LogP contribution is 2.29. The summed E-state index contributed by atoms with van der Waals surface area (Å²) in [7, 11) is 0. The molecule has 2 N–H and O–H groups in total.